The minimum atomic E-state index is -3.09. The predicted molar refractivity (Wildman–Crippen MR) is 192 cm³/mol. The molecule has 47 heavy (non-hydrogen) atoms. The molecular formula is C37H46N4O5S. The van der Waals surface area contributed by atoms with Crippen LogP contribution in [0.1, 0.15) is 46.3 Å². The van der Waals surface area contributed by atoms with Crippen molar-refractivity contribution in [2.75, 3.05) is 42.1 Å². The van der Waals surface area contributed by atoms with E-state index in [0.717, 1.165) is 22.4 Å². The average Bonchev–Trinajstić information content (AvgIpc) is 3.08. The Morgan fingerprint density at radius 3 is 2.40 bits per heavy atom. The van der Waals surface area contributed by atoms with Crippen molar-refractivity contribution in [3.05, 3.63) is 125 Å². The van der Waals surface area contributed by atoms with Gasteiger partial charge in [-0.15, -0.1) is 10.8 Å². The number of hydrogen-bond acceptors (Lipinski definition) is 8. The molecule has 4 aromatic rings. The van der Waals surface area contributed by atoms with Crippen LogP contribution in [0.2, 0.25) is 0 Å². The summed E-state index contributed by atoms with van der Waals surface area (Å²) in [5.74, 6) is 0.769. The molecule has 0 saturated carbocycles. The lowest BCUT2D eigenvalue weighted by molar-refractivity contribution is 0.0830. The maximum Gasteiger partial charge on any atom is 0.251 e. The van der Waals surface area contributed by atoms with Crippen molar-refractivity contribution in [2.45, 2.75) is 44.4 Å². The molecular weight excluding hydrogens is 612 g/mol. The van der Waals surface area contributed by atoms with Crippen molar-refractivity contribution in [2.24, 2.45) is 0 Å². The summed E-state index contributed by atoms with van der Waals surface area (Å²) in [6.07, 6.45) is 0.204. The smallest absolute Gasteiger partial charge is 0.251 e. The first-order valence-electron chi connectivity index (χ1n) is 16.1. The summed E-state index contributed by atoms with van der Waals surface area (Å²) < 4.78 is 29.3. The zero-order valence-electron chi connectivity index (χ0n) is 27.0. The van der Waals surface area contributed by atoms with Crippen LogP contribution in [0.4, 0.5) is 11.4 Å². The number of nitrogens with zero attached hydrogens (tertiary/aromatic N) is 1. The molecule has 0 spiro atoms. The maximum absolute atomic E-state index is 13.9. The van der Waals surface area contributed by atoms with Crippen molar-refractivity contribution in [3.8, 4) is 5.75 Å². The van der Waals surface area contributed by atoms with Crippen LogP contribution < -0.4 is 25.0 Å². The van der Waals surface area contributed by atoms with Gasteiger partial charge in [0.05, 0.1) is 30.7 Å². The summed E-state index contributed by atoms with van der Waals surface area (Å²) in [5.41, 5.74) is 4.78. The normalized spacial score (nSPS) is 17.7. The van der Waals surface area contributed by atoms with E-state index >= 15 is 0 Å². The highest BCUT2D eigenvalue weighted by molar-refractivity contribution is 8.25. The van der Waals surface area contributed by atoms with Crippen LogP contribution in [0, 0.1) is 0 Å². The fraction of sp³-hybridized carbons (Fsp3) is 0.324. The van der Waals surface area contributed by atoms with E-state index in [4.69, 9.17) is 4.74 Å². The molecule has 9 nitrogen and oxygen atoms in total. The molecule has 3 unspecified atom stereocenters. The minimum Gasteiger partial charge on any atom is -0.497 e. The van der Waals surface area contributed by atoms with Crippen LogP contribution >= 0.6 is 10.8 Å². The van der Waals surface area contributed by atoms with Gasteiger partial charge in [-0.2, -0.15) is 0 Å². The van der Waals surface area contributed by atoms with E-state index in [1.807, 2.05) is 85.8 Å². The van der Waals surface area contributed by atoms with E-state index in [2.05, 4.69) is 28.1 Å². The first-order valence-corrected chi connectivity index (χ1v) is 17.8. The second-order valence-corrected chi connectivity index (χ2v) is 14.0. The van der Waals surface area contributed by atoms with E-state index in [0.29, 0.717) is 49.4 Å². The van der Waals surface area contributed by atoms with Gasteiger partial charge in [0.2, 0.25) is 0 Å². The van der Waals surface area contributed by atoms with Gasteiger partial charge >= 0.3 is 0 Å². The Bertz CT molecular complexity index is 1590. The lowest BCUT2D eigenvalue weighted by Gasteiger charge is -2.50. The topological polar surface area (TPSA) is 126 Å². The van der Waals surface area contributed by atoms with Gasteiger partial charge in [0.25, 0.3) is 5.91 Å². The number of carbonyl (C=O) groups is 1. The Morgan fingerprint density at radius 1 is 0.957 bits per heavy atom. The Balaban J connectivity index is 1.36. The average molecular weight is 659 g/mol. The molecule has 5 rings (SSSR count). The largest absolute Gasteiger partial charge is 0.497 e. The second-order valence-electron chi connectivity index (χ2n) is 11.9. The minimum absolute atomic E-state index is 0.117. The summed E-state index contributed by atoms with van der Waals surface area (Å²) in [4.78, 5) is 13.9. The summed E-state index contributed by atoms with van der Waals surface area (Å²) in [7, 11) is -1.46. The van der Waals surface area contributed by atoms with E-state index in [9.17, 15) is 19.0 Å². The predicted octanol–water partition coefficient (Wildman–Crippen LogP) is 6.28. The zero-order valence-corrected chi connectivity index (χ0v) is 27.8. The van der Waals surface area contributed by atoms with Gasteiger partial charge in [0.15, 0.2) is 0 Å². The molecule has 250 valence electrons. The SMILES string of the molecule is CCNc1cc(C(=O)NC(Cc2ccccc2)C(O)CNCc2cccc(OC)c2)cc(N2CC(c3ccccc3)CCS2(O)O)c1. The summed E-state index contributed by atoms with van der Waals surface area (Å²) in [6, 6.07) is 32.3. The molecule has 1 heterocycles. The van der Waals surface area contributed by atoms with Crippen molar-refractivity contribution < 1.29 is 23.7 Å². The number of aliphatic hydroxyl groups excluding tert-OH is 1. The highest BCUT2D eigenvalue weighted by Crippen LogP contribution is 2.52. The van der Waals surface area contributed by atoms with E-state index in [1.165, 1.54) is 0 Å². The van der Waals surface area contributed by atoms with Crippen LogP contribution in [0.15, 0.2) is 103 Å². The monoisotopic (exact) mass is 658 g/mol. The Morgan fingerprint density at radius 2 is 1.68 bits per heavy atom. The zero-order chi connectivity index (χ0) is 33.2. The quantitative estimate of drug-likeness (QED) is 0.0936. The van der Waals surface area contributed by atoms with E-state index in [1.54, 1.807) is 23.5 Å². The summed E-state index contributed by atoms with van der Waals surface area (Å²) in [6.45, 7) is 3.80. The third kappa shape index (κ3) is 9.27. The summed E-state index contributed by atoms with van der Waals surface area (Å²) in [5, 5.41) is 21.1. The fourth-order valence-electron chi connectivity index (χ4n) is 5.98. The molecule has 6 N–H and O–H groups in total. The number of anilines is 2. The van der Waals surface area contributed by atoms with Crippen molar-refractivity contribution in [1.82, 2.24) is 10.6 Å². The maximum atomic E-state index is 13.9. The highest BCUT2D eigenvalue weighted by Gasteiger charge is 2.34. The molecule has 3 atom stereocenters. The van der Waals surface area contributed by atoms with Gasteiger partial charge in [0.1, 0.15) is 5.75 Å². The second kappa shape index (κ2) is 16.2. The van der Waals surface area contributed by atoms with Crippen LogP contribution in [0.25, 0.3) is 0 Å². The van der Waals surface area contributed by atoms with Crippen molar-refractivity contribution >= 4 is 28.1 Å². The number of aliphatic hydroxyl groups is 1. The molecule has 10 heteroatoms. The lowest BCUT2D eigenvalue weighted by atomic mass is 9.96. The molecule has 1 fully saturated rings. The number of amides is 1. The van der Waals surface area contributed by atoms with Gasteiger partial charge < -0.3 is 25.8 Å². The summed E-state index contributed by atoms with van der Waals surface area (Å²) >= 11 is 0. The molecule has 1 saturated heterocycles. The Kier molecular flexibility index (Phi) is 11.8. The standard InChI is InChI=1S/C37H46N4O5S/c1-3-39-32-21-31(22-33(23-32)41-26-30(17-18-47(41,44)45)29-14-8-5-9-15-29)37(43)40-35(20-27-11-6-4-7-12-27)36(42)25-38-24-28-13-10-16-34(19-28)46-2/h4-16,19,21-23,30,35-36,38-39,42,44-45H,3,17-18,20,24-26H2,1-2H3,(H,40,43). The highest BCUT2D eigenvalue weighted by atomic mass is 32.3. The van der Waals surface area contributed by atoms with Crippen molar-refractivity contribution in [1.29, 1.82) is 0 Å². The number of carbonyl (C=O) groups excluding carboxylic acids is 1. The fourth-order valence-corrected chi connectivity index (χ4v) is 7.66. The molecule has 1 aliphatic heterocycles. The van der Waals surface area contributed by atoms with Crippen LogP contribution in [0.3, 0.4) is 0 Å². The molecule has 0 bridgehead atoms. The van der Waals surface area contributed by atoms with Gasteiger partial charge in [-0.05, 0) is 66.8 Å². The molecule has 1 amide bonds. The van der Waals surface area contributed by atoms with E-state index in [-0.39, 0.29) is 24.1 Å². The number of methoxy groups -OCH3 is 1. The molecule has 0 aliphatic carbocycles. The van der Waals surface area contributed by atoms with Crippen molar-refractivity contribution in [3.63, 3.8) is 0 Å². The van der Waals surface area contributed by atoms with Crippen LogP contribution in [-0.4, -0.2) is 64.8 Å². The third-order valence-corrected chi connectivity index (χ3v) is 10.3. The van der Waals surface area contributed by atoms with Gasteiger partial charge in [0, 0.05) is 43.3 Å². The Hall–Kier alpha value is -4.06. The Labute approximate surface area is 279 Å². The van der Waals surface area contributed by atoms with Gasteiger partial charge in [-0.25, -0.2) is 0 Å². The number of ether oxygens (including phenoxy) is 1. The lowest BCUT2D eigenvalue weighted by Crippen LogP contribution is -2.48. The number of hydrogen-bond donors (Lipinski definition) is 6. The van der Waals surface area contributed by atoms with Crippen LogP contribution in [-0.2, 0) is 13.0 Å². The first-order chi connectivity index (χ1) is 22.8. The number of rotatable bonds is 14. The van der Waals surface area contributed by atoms with Gasteiger partial charge in [-0.1, -0.05) is 72.8 Å². The number of nitrogens with one attached hydrogen (secondary N) is 3. The molecule has 4 aromatic carbocycles. The molecule has 1 aliphatic rings. The third-order valence-electron chi connectivity index (χ3n) is 8.50. The molecule has 0 aromatic heterocycles. The van der Waals surface area contributed by atoms with Crippen LogP contribution in [0.5, 0.6) is 5.75 Å². The van der Waals surface area contributed by atoms with E-state index < -0.39 is 22.9 Å². The van der Waals surface area contributed by atoms with Gasteiger partial charge in [-0.3, -0.25) is 18.2 Å². The molecule has 0 radical (unpaired) electrons. The first kappa shape index (κ1) is 34.3. The number of benzene rings is 4.